The number of carbonyl (C=O) groups excluding carboxylic acids is 2. The van der Waals surface area contributed by atoms with E-state index in [-0.39, 0.29) is 23.5 Å². The molecule has 3 heterocycles. The topological polar surface area (TPSA) is 137 Å². The van der Waals surface area contributed by atoms with Crippen molar-refractivity contribution in [2.24, 2.45) is 5.92 Å². The number of sulfonamides is 1. The number of aromatic amines is 1. The van der Waals surface area contributed by atoms with Crippen LogP contribution >= 0.6 is 0 Å². The van der Waals surface area contributed by atoms with Gasteiger partial charge in [0, 0.05) is 37.6 Å². The van der Waals surface area contributed by atoms with Gasteiger partial charge in [-0.2, -0.15) is 9.40 Å². The number of nitrogens with one attached hydrogen (secondary N) is 3. The summed E-state index contributed by atoms with van der Waals surface area (Å²) in [7, 11) is -3.88. The molecule has 1 aliphatic heterocycles. The number of rotatable bonds is 6. The first-order valence-corrected chi connectivity index (χ1v) is 11.6. The zero-order chi connectivity index (χ0) is 22.7. The van der Waals surface area contributed by atoms with E-state index < -0.39 is 15.9 Å². The molecule has 1 saturated heterocycles. The van der Waals surface area contributed by atoms with Crippen LogP contribution in [0, 0.1) is 5.92 Å². The van der Waals surface area contributed by atoms with Gasteiger partial charge in [0.05, 0.1) is 5.92 Å². The fourth-order valence-corrected chi connectivity index (χ4v) is 5.02. The van der Waals surface area contributed by atoms with E-state index in [9.17, 15) is 18.0 Å². The Morgan fingerprint density at radius 1 is 1.09 bits per heavy atom. The normalized spacial score (nSPS) is 17.1. The van der Waals surface area contributed by atoms with Gasteiger partial charge < -0.3 is 15.1 Å². The van der Waals surface area contributed by atoms with Crippen molar-refractivity contribution in [1.29, 1.82) is 0 Å². The number of anilines is 2. The van der Waals surface area contributed by atoms with Crippen molar-refractivity contribution in [2.75, 3.05) is 23.7 Å². The van der Waals surface area contributed by atoms with Crippen molar-refractivity contribution in [2.45, 2.75) is 24.9 Å². The first kappa shape index (κ1) is 21.8. The van der Waals surface area contributed by atoms with E-state index in [2.05, 4.69) is 20.8 Å². The summed E-state index contributed by atoms with van der Waals surface area (Å²) in [5.74, 6) is -0.557. The number of nitrogens with zero attached hydrogens (tertiary/aromatic N) is 2. The molecule has 0 aliphatic carbocycles. The fourth-order valence-electron chi connectivity index (χ4n) is 3.58. The molecule has 10 nitrogen and oxygen atoms in total. The smallest absolute Gasteiger partial charge is 0.276 e. The third-order valence-electron chi connectivity index (χ3n) is 5.17. The van der Waals surface area contributed by atoms with Crippen molar-refractivity contribution < 1.29 is 22.4 Å². The molecule has 4 rings (SSSR count). The van der Waals surface area contributed by atoms with Crippen molar-refractivity contribution in [3.05, 3.63) is 48.7 Å². The van der Waals surface area contributed by atoms with E-state index in [1.54, 1.807) is 42.6 Å². The monoisotopic (exact) mass is 457 g/mol. The summed E-state index contributed by atoms with van der Waals surface area (Å²) in [5.41, 5.74) is 1.77. The van der Waals surface area contributed by atoms with E-state index >= 15 is 0 Å². The number of hydrogen-bond acceptors (Lipinski definition) is 6. The zero-order valence-electron chi connectivity index (χ0n) is 17.4. The maximum absolute atomic E-state index is 13.1. The van der Waals surface area contributed by atoms with Gasteiger partial charge in [0.15, 0.2) is 5.76 Å². The molecule has 1 aromatic carbocycles. The second-order valence-electron chi connectivity index (χ2n) is 7.54. The summed E-state index contributed by atoms with van der Waals surface area (Å²) in [5, 5.41) is 11.9. The Balaban J connectivity index is 1.42. The Kier molecular flexibility index (Phi) is 6.10. The van der Waals surface area contributed by atoms with Crippen LogP contribution in [0.5, 0.6) is 0 Å². The average Bonchev–Trinajstić information content (AvgIpc) is 3.47. The highest BCUT2D eigenvalue weighted by Gasteiger charge is 2.35. The number of furan rings is 1. The van der Waals surface area contributed by atoms with E-state index in [0.717, 1.165) is 0 Å². The van der Waals surface area contributed by atoms with E-state index in [1.165, 1.54) is 17.3 Å². The Hall–Kier alpha value is -3.44. The Bertz CT molecular complexity index is 1200. The Morgan fingerprint density at radius 3 is 2.47 bits per heavy atom. The lowest BCUT2D eigenvalue weighted by atomic mass is 9.98. The number of hydrogen-bond donors (Lipinski definition) is 3. The molecule has 1 atom stereocenters. The molecule has 0 unspecified atom stereocenters. The molecule has 0 bridgehead atoms. The minimum atomic E-state index is -3.88. The van der Waals surface area contributed by atoms with Crippen molar-refractivity contribution in [3.63, 3.8) is 0 Å². The van der Waals surface area contributed by atoms with Gasteiger partial charge in [0.25, 0.3) is 10.0 Å². The summed E-state index contributed by atoms with van der Waals surface area (Å²) in [4.78, 5) is 23.9. The SMILES string of the molecule is CC(=O)Nc1ccc(NC(=O)[C@@H]2CCCN(S(=O)(=O)c3ccc(-c4ccn[nH]4)o3)C2)cc1. The fraction of sp³-hybridized carbons (Fsp3) is 0.286. The quantitative estimate of drug-likeness (QED) is 0.520. The molecule has 168 valence electrons. The molecule has 32 heavy (non-hydrogen) atoms. The van der Waals surface area contributed by atoms with Crippen LogP contribution in [0.1, 0.15) is 19.8 Å². The van der Waals surface area contributed by atoms with Gasteiger partial charge in [0.1, 0.15) is 5.69 Å². The molecule has 2 amide bonds. The second-order valence-corrected chi connectivity index (χ2v) is 9.41. The van der Waals surface area contributed by atoms with Crippen molar-refractivity contribution >= 4 is 33.2 Å². The van der Waals surface area contributed by atoms with Gasteiger partial charge in [-0.15, -0.1) is 0 Å². The van der Waals surface area contributed by atoms with Crippen LogP contribution < -0.4 is 10.6 Å². The minimum absolute atomic E-state index is 0.0677. The van der Waals surface area contributed by atoms with Crippen LogP contribution in [0.15, 0.2) is 58.2 Å². The number of piperidine rings is 1. The van der Waals surface area contributed by atoms with Crippen LogP contribution in [0.3, 0.4) is 0 Å². The molecule has 2 aromatic heterocycles. The van der Waals surface area contributed by atoms with E-state index in [4.69, 9.17) is 4.42 Å². The van der Waals surface area contributed by atoms with Crippen molar-refractivity contribution in [3.8, 4) is 11.5 Å². The van der Waals surface area contributed by atoms with Gasteiger partial charge in [-0.3, -0.25) is 14.7 Å². The van der Waals surface area contributed by atoms with Crippen LogP contribution in [-0.2, 0) is 19.6 Å². The standard InChI is InChI=1S/C21H23N5O5S/c1-14(27)23-16-4-6-17(7-5-16)24-21(28)15-3-2-12-26(13-15)32(29,30)20-9-8-19(31-20)18-10-11-22-25-18/h4-11,15H,2-3,12-13H2,1H3,(H,22,25)(H,23,27)(H,24,28)/t15-/m1/s1. The zero-order valence-corrected chi connectivity index (χ0v) is 18.2. The first-order chi connectivity index (χ1) is 15.3. The molecular weight excluding hydrogens is 434 g/mol. The van der Waals surface area contributed by atoms with E-state index in [0.29, 0.717) is 42.2 Å². The molecule has 0 radical (unpaired) electrons. The van der Waals surface area contributed by atoms with Gasteiger partial charge in [-0.1, -0.05) is 0 Å². The molecular formula is C21H23N5O5S. The lowest BCUT2D eigenvalue weighted by Gasteiger charge is -2.30. The summed E-state index contributed by atoms with van der Waals surface area (Å²) in [6.07, 6.45) is 2.69. The lowest BCUT2D eigenvalue weighted by molar-refractivity contribution is -0.121. The lowest BCUT2D eigenvalue weighted by Crippen LogP contribution is -2.43. The first-order valence-electron chi connectivity index (χ1n) is 10.1. The summed E-state index contributed by atoms with van der Waals surface area (Å²) < 4.78 is 33.0. The molecule has 0 saturated carbocycles. The molecule has 11 heteroatoms. The Morgan fingerprint density at radius 2 is 1.81 bits per heavy atom. The number of carbonyl (C=O) groups is 2. The highest BCUT2D eigenvalue weighted by molar-refractivity contribution is 7.89. The Labute approximate surface area is 185 Å². The van der Waals surface area contributed by atoms with Crippen molar-refractivity contribution in [1.82, 2.24) is 14.5 Å². The number of H-pyrrole nitrogens is 1. The highest BCUT2D eigenvalue weighted by atomic mass is 32.2. The van der Waals surface area contributed by atoms with E-state index in [1.807, 2.05) is 0 Å². The number of amides is 2. The van der Waals surface area contributed by atoms with Gasteiger partial charge in [-0.25, -0.2) is 8.42 Å². The predicted molar refractivity (Wildman–Crippen MR) is 117 cm³/mol. The summed E-state index contributed by atoms with van der Waals surface area (Å²) in [6, 6.07) is 11.4. The predicted octanol–water partition coefficient (Wildman–Crippen LogP) is 2.67. The average molecular weight is 458 g/mol. The minimum Gasteiger partial charge on any atom is -0.442 e. The molecule has 0 spiro atoms. The molecule has 3 N–H and O–H groups in total. The third kappa shape index (κ3) is 4.73. The second kappa shape index (κ2) is 8.97. The number of benzene rings is 1. The number of aromatic nitrogens is 2. The molecule has 1 aliphatic rings. The molecule has 3 aromatic rings. The molecule has 1 fully saturated rings. The summed E-state index contributed by atoms with van der Waals surface area (Å²) >= 11 is 0. The van der Waals surface area contributed by atoms with Gasteiger partial charge >= 0.3 is 0 Å². The summed E-state index contributed by atoms with van der Waals surface area (Å²) in [6.45, 7) is 1.80. The van der Waals surface area contributed by atoms with Gasteiger partial charge in [-0.05, 0) is 55.3 Å². The van der Waals surface area contributed by atoms with Crippen LogP contribution in [0.2, 0.25) is 0 Å². The third-order valence-corrected chi connectivity index (χ3v) is 6.91. The maximum atomic E-state index is 13.1. The van der Waals surface area contributed by atoms with Crippen LogP contribution in [0.25, 0.3) is 11.5 Å². The maximum Gasteiger partial charge on any atom is 0.276 e. The van der Waals surface area contributed by atoms with Crippen LogP contribution in [0.4, 0.5) is 11.4 Å². The highest BCUT2D eigenvalue weighted by Crippen LogP contribution is 2.28. The van der Waals surface area contributed by atoms with Crippen LogP contribution in [-0.4, -0.2) is 47.8 Å². The van der Waals surface area contributed by atoms with Gasteiger partial charge in [0.2, 0.25) is 16.9 Å². The largest absolute Gasteiger partial charge is 0.442 e.